The van der Waals surface area contributed by atoms with Crippen LogP contribution in [0.3, 0.4) is 0 Å². The van der Waals surface area contributed by atoms with Gasteiger partial charge < -0.3 is 14.7 Å². The van der Waals surface area contributed by atoms with Gasteiger partial charge in [0.15, 0.2) is 0 Å². The molecule has 4 nitrogen and oxygen atoms in total. The van der Waals surface area contributed by atoms with E-state index >= 15 is 0 Å². The van der Waals surface area contributed by atoms with E-state index in [2.05, 4.69) is 0 Å². The predicted octanol–water partition coefficient (Wildman–Crippen LogP) is 2.21. The van der Waals surface area contributed by atoms with Crippen molar-refractivity contribution in [2.24, 2.45) is 0 Å². The molecule has 0 spiro atoms. The third-order valence-electron chi connectivity index (χ3n) is 3.84. The van der Waals surface area contributed by atoms with Gasteiger partial charge >= 0.3 is 0 Å². The van der Waals surface area contributed by atoms with E-state index in [1.54, 1.807) is 7.11 Å². The molecule has 1 fully saturated rings. The minimum absolute atomic E-state index is 0.0705. The lowest BCUT2D eigenvalue weighted by atomic mass is 9.98. The molecule has 1 amide bonds. The molecule has 4 heteroatoms. The van der Waals surface area contributed by atoms with Gasteiger partial charge in [0.05, 0.1) is 6.61 Å². The van der Waals surface area contributed by atoms with E-state index in [0.717, 1.165) is 31.4 Å². The monoisotopic (exact) mass is 277 g/mol. The summed E-state index contributed by atoms with van der Waals surface area (Å²) in [5.74, 6) is 0.0705. The van der Waals surface area contributed by atoms with Crippen LogP contribution in [-0.2, 0) is 11.3 Å². The third-order valence-corrected chi connectivity index (χ3v) is 3.84. The van der Waals surface area contributed by atoms with Crippen LogP contribution < -0.4 is 0 Å². The van der Waals surface area contributed by atoms with Gasteiger partial charge in [-0.25, -0.2) is 0 Å². The fourth-order valence-electron chi connectivity index (χ4n) is 2.84. The van der Waals surface area contributed by atoms with Crippen molar-refractivity contribution < 1.29 is 14.6 Å². The highest BCUT2D eigenvalue weighted by Crippen LogP contribution is 2.22. The lowest BCUT2D eigenvalue weighted by molar-refractivity contribution is 0.0574. The molecule has 1 aromatic carbocycles. The van der Waals surface area contributed by atoms with Crippen LogP contribution in [0.1, 0.15) is 41.6 Å². The molecular formula is C16H23NO3. The molecule has 0 saturated carbocycles. The molecule has 0 aromatic heterocycles. The second kappa shape index (κ2) is 7.41. The molecule has 1 aliphatic rings. The Morgan fingerprint density at radius 2 is 2.30 bits per heavy atom. The molecule has 0 unspecified atom stereocenters. The van der Waals surface area contributed by atoms with Gasteiger partial charge in [-0.3, -0.25) is 4.79 Å². The summed E-state index contributed by atoms with van der Waals surface area (Å²) >= 11 is 0. The van der Waals surface area contributed by atoms with Gasteiger partial charge in [-0.05, 0) is 43.4 Å². The summed E-state index contributed by atoms with van der Waals surface area (Å²) in [5.41, 5.74) is 1.72. The van der Waals surface area contributed by atoms with Crippen molar-refractivity contribution in [1.82, 2.24) is 4.90 Å². The topological polar surface area (TPSA) is 49.8 Å². The Labute approximate surface area is 120 Å². The molecule has 1 aliphatic heterocycles. The van der Waals surface area contributed by atoms with Crippen LogP contribution in [-0.4, -0.2) is 42.2 Å². The van der Waals surface area contributed by atoms with E-state index in [1.165, 1.54) is 0 Å². The van der Waals surface area contributed by atoms with Gasteiger partial charge in [0, 0.05) is 31.9 Å². The van der Waals surface area contributed by atoms with Gasteiger partial charge in [-0.1, -0.05) is 12.1 Å². The van der Waals surface area contributed by atoms with Gasteiger partial charge in [0.2, 0.25) is 0 Å². The number of amides is 1. The standard InChI is InChI=1S/C16H23NO3/c1-20-12-13-5-4-6-14(11-13)16(19)17-9-3-2-7-15(17)8-10-18/h4-6,11,15,18H,2-3,7-10,12H2,1H3/t15-/m0/s1. The summed E-state index contributed by atoms with van der Waals surface area (Å²) in [6.45, 7) is 1.44. The Morgan fingerprint density at radius 3 is 3.05 bits per heavy atom. The maximum atomic E-state index is 12.6. The quantitative estimate of drug-likeness (QED) is 0.897. The first-order valence-corrected chi connectivity index (χ1v) is 7.26. The van der Waals surface area contributed by atoms with Gasteiger partial charge in [-0.2, -0.15) is 0 Å². The summed E-state index contributed by atoms with van der Waals surface area (Å²) in [7, 11) is 1.65. The van der Waals surface area contributed by atoms with Crippen molar-refractivity contribution in [3.05, 3.63) is 35.4 Å². The Bertz CT molecular complexity index is 445. The minimum Gasteiger partial charge on any atom is -0.396 e. The zero-order chi connectivity index (χ0) is 14.4. The summed E-state index contributed by atoms with van der Waals surface area (Å²) in [4.78, 5) is 14.6. The van der Waals surface area contributed by atoms with Crippen molar-refractivity contribution in [3.63, 3.8) is 0 Å². The van der Waals surface area contributed by atoms with Crippen LogP contribution in [0.15, 0.2) is 24.3 Å². The maximum absolute atomic E-state index is 12.6. The second-order valence-electron chi connectivity index (χ2n) is 5.29. The second-order valence-corrected chi connectivity index (χ2v) is 5.29. The highest BCUT2D eigenvalue weighted by Gasteiger charge is 2.26. The van der Waals surface area contributed by atoms with Gasteiger partial charge in [0.25, 0.3) is 5.91 Å². The third kappa shape index (κ3) is 3.58. The van der Waals surface area contributed by atoms with Crippen molar-refractivity contribution in [1.29, 1.82) is 0 Å². The molecular weight excluding hydrogens is 254 g/mol. The fourth-order valence-corrected chi connectivity index (χ4v) is 2.84. The summed E-state index contributed by atoms with van der Waals surface area (Å²) in [6.07, 6.45) is 3.84. The van der Waals surface area contributed by atoms with Crippen molar-refractivity contribution in [2.45, 2.75) is 38.3 Å². The molecule has 20 heavy (non-hydrogen) atoms. The fraction of sp³-hybridized carbons (Fsp3) is 0.562. The van der Waals surface area contributed by atoms with E-state index in [4.69, 9.17) is 9.84 Å². The number of aliphatic hydroxyl groups is 1. The number of likely N-dealkylation sites (tertiary alicyclic amines) is 1. The highest BCUT2D eigenvalue weighted by molar-refractivity contribution is 5.94. The van der Waals surface area contributed by atoms with E-state index in [0.29, 0.717) is 18.6 Å². The van der Waals surface area contributed by atoms with E-state index < -0.39 is 0 Å². The van der Waals surface area contributed by atoms with Gasteiger partial charge in [-0.15, -0.1) is 0 Å². The molecule has 0 aliphatic carbocycles. The Morgan fingerprint density at radius 1 is 1.45 bits per heavy atom. The molecule has 110 valence electrons. The normalized spacial score (nSPS) is 19.1. The van der Waals surface area contributed by atoms with Crippen LogP contribution in [0.2, 0.25) is 0 Å². The number of benzene rings is 1. The number of carbonyl (C=O) groups excluding carboxylic acids is 1. The summed E-state index contributed by atoms with van der Waals surface area (Å²) < 4.78 is 5.11. The molecule has 1 saturated heterocycles. The Balaban J connectivity index is 2.13. The first-order chi connectivity index (χ1) is 9.76. The van der Waals surface area contributed by atoms with Crippen molar-refractivity contribution in [2.75, 3.05) is 20.3 Å². The molecule has 1 N–H and O–H groups in total. The predicted molar refractivity (Wildman–Crippen MR) is 77.5 cm³/mol. The number of ether oxygens (including phenoxy) is 1. The summed E-state index contributed by atoms with van der Waals surface area (Å²) in [6, 6.07) is 7.78. The number of nitrogens with zero attached hydrogens (tertiary/aromatic N) is 1. The number of aliphatic hydroxyl groups excluding tert-OH is 1. The first kappa shape index (κ1) is 15.0. The van der Waals surface area contributed by atoms with Crippen LogP contribution >= 0.6 is 0 Å². The van der Waals surface area contributed by atoms with Crippen molar-refractivity contribution >= 4 is 5.91 Å². The molecule has 2 rings (SSSR count). The number of rotatable bonds is 5. The Kier molecular flexibility index (Phi) is 5.56. The van der Waals surface area contributed by atoms with Crippen LogP contribution in [0.5, 0.6) is 0 Å². The zero-order valence-electron chi connectivity index (χ0n) is 12.0. The lowest BCUT2D eigenvalue weighted by Crippen LogP contribution is -2.44. The van der Waals surface area contributed by atoms with E-state index in [-0.39, 0.29) is 18.6 Å². The number of hydrogen-bond acceptors (Lipinski definition) is 3. The van der Waals surface area contributed by atoms with Crippen molar-refractivity contribution in [3.8, 4) is 0 Å². The van der Waals surface area contributed by atoms with Crippen LogP contribution in [0.4, 0.5) is 0 Å². The molecule has 1 heterocycles. The largest absolute Gasteiger partial charge is 0.396 e. The van der Waals surface area contributed by atoms with Crippen LogP contribution in [0.25, 0.3) is 0 Å². The molecule has 0 bridgehead atoms. The van der Waals surface area contributed by atoms with Crippen LogP contribution in [0, 0.1) is 0 Å². The zero-order valence-corrected chi connectivity index (χ0v) is 12.0. The maximum Gasteiger partial charge on any atom is 0.254 e. The number of methoxy groups -OCH3 is 1. The van der Waals surface area contributed by atoms with Gasteiger partial charge in [0.1, 0.15) is 0 Å². The van der Waals surface area contributed by atoms with E-state index in [1.807, 2.05) is 29.2 Å². The molecule has 1 atom stereocenters. The Hall–Kier alpha value is -1.39. The average Bonchev–Trinajstić information content (AvgIpc) is 2.48. The number of piperidine rings is 1. The smallest absolute Gasteiger partial charge is 0.254 e. The van der Waals surface area contributed by atoms with E-state index in [9.17, 15) is 4.79 Å². The lowest BCUT2D eigenvalue weighted by Gasteiger charge is -2.35. The number of hydrogen-bond donors (Lipinski definition) is 1. The summed E-state index contributed by atoms with van der Waals surface area (Å²) in [5, 5.41) is 9.15. The number of carbonyl (C=O) groups is 1. The minimum atomic E-state index is 0.0705. The highest BCUT2D eigenvalue weighted by atomic mass is 16.5. The SMILES string of the molecule is COCc1cccc(C(=O)N2CCCC[C@H]2CCO)c1. The molecule has 1 aromatic rings. The molecule has 0 radical (unpaired) electrons. The first-order valence-electron chi connectivity index (χ1n) is 7.26. The average molecular weight is 277 g/mol.